The third-order valence-electron chi connectivity index (χ3n) is 2.60. The minimum Gasteiger partial charge on any atom is -0.0794 e. The SMILES string of the molecule is CCCCCCCC/C=C(\I)[Si](C)(C)C. The fourth-order valence-electron chi connectivity index (χ4n) is 1.46. The standard InChI is InChI=1S/C13H27ISi/c1-5-6-7-8-9-10-11-12-13(14)15(2,3)4/h12H,5-11H2,1-4H3/b13-12+. The fourth-order valence-corrected chi connectivity index (χ4v) is 2.53. The zero-order valence-corrected chi connectivity index (χ0v) is 14.1. The van der Waals surface area contributed by atoms with Gasteiger partial charge in [0, 0.05) is 0 Å². The van der Waals surface area contributed by atoms with E-state index in [2.05, 4.69) is 55.2 Å². The van der Waals surface area contributed by atoms with Gasteiger partial charge < -0.3 is 0 Å². The zero-order chi connectivity index (χ0) is 11.7. The molecule has 0 bridgehead atoms. The van der Waals surface area contributed by atoms with Crippen LogP contribution in [-0.4, -0.2) is 8.07 Å². The van der Waals surface area contributed by atoms with Crippen LogP contribution in [0.2, 0.25) is 19.6 Å². The van der Waals surface area contributed by atoms with Crippen molar-refractivity contribution in [2.24, 2.45) is 0 Å². The monoisotopic (exact) mass is 338 g/mol. The molecule has 0 unspecified atom stereocenters. The Hall–Kier alpha value is 0.687. The van der Waals surface area contributed by atoms with Crippen LogP contribution in [0, 0.1) is 0 Å². The predicted molar refractivity (Wildman–Crippen MR) is 83.4 cm³/mol. The quantitative estimate of drug-likeness (QED) is 0.292. The van der Waals surface area contributed by atoms with Gasteiger partial charge in [0.2, 0.25) is 0 Å². The van der Waals surface area contributed by atoms with Crippen LogP contribution in [0.15, 0.2) is 9.28 Å². The Morgan fingerprint density at radius 3 is 2.07 bits per heavy atom. The van der Waals surface area contributed by atoms with Crippen molar-refractivity contribution in [1.29, 1.82) is 0 Å². The van der Waals surface area contributed by atoms with Crippen molar-refractivity contribution in [3.63, 3.8) is 0 Å². The van der Waals surface area contributed by atoms with E-state index in [0.717, 1.165) is 0 Å². The molecule has 0 amide bonds. The lowest BCUT2D eigenvalue weighted by Gasteiger charge is -2.14. The van der Waals surface area contributed by atoms with E-state index in [1.54, 1.807) is 3.20 Å². The Balaban J connectivity index is 3.45. The van der Waals surface area contributed by atoms with Crippen LogP contribution in [-0.2, 0) is 0 Å². The highest BCUT2D eigenvalue weighted by atomic mass is 127. The molecule has 0 N–H and O–H groups in total. The summed E-state index contributed by atoms with van der Waals surface area (Å²) in [7, 11) is -0.994. The van der Waals surface area contributed by atoms with Crippen molar-refractivity contribution in [3.8, 4) is 0 Å². The van der Waals surface area contributed by atoms with Gasteiger partial charge in [-0.2, -0.15) is 0 Å². The molecule has 15 heavy (non-hydrogen) atoms. The van der Waals surface area contributed by atoms with Gasteiger partial charge in [-0.3, -0.25) is 0 Å². The Morgan fingerprint density at radius 1 is 1.00 bits per heavy atom. The molecule has 0 aliphatic carbocycles. The average molecular weight is 338 g/mol. The van der Waals surface area contributed by atoms with E-state index in [1.807, 2.05) is 0 Å². The topological polar surface area (TPSA) is 0 Å². The largest absolute Gasteiger partial charge is 0.0850 e. The molecule has 0 rings (SSSR count). The van der Waals surface area contributed by atoms with Crippen LogP contribution in [0.3, 0.4) is 0 Å². The minimum absolute atomic E-state index is 0.994. The molecule has 0 nitrogen and oxygen atoms in total. The van der Waals surface area contributed by atoms with E-state index >= 15 is 0 Å². The first-order valence-electron chi connectivity index (χ1n) is 6.34. The lowest BCUT2D eigenvalue weighted by molar-refractivity contribution is 0.611. The van der Waals surface area contributed by atoms with E-state index in [9.17, 15) is 0 Å². The zero-order valence-electron chi connectivity index (χ0n) is 10.9. The number of rotatable bonds is 8. The summed E-state index contributed by atoms with van der Waals surface area (Å²) >= 11 is 2.55. The first-order chi connectivity index (χ1) is 6.98. The molecule has 0 saturated carbocycles. The van der Waals surface area contributed by atoms with Gasteiger partial charge in [-0.1, -0.05) is 87.3 Å². The van der Waals surface area contributed by atoms with Crippen molar-refractivity contribution in [2.45, 2.75) is 71.5 Å². The first-order valence-corrected chi connectivity index (χ1v) is 10.9. The van der Waals surface area contributed by atoms with E-state index in [-0.39, 0.29) is 0 Å². The fraction of sp³-hybridized carbons (Fsp3) is 0.846. The van der Waals surface area contributed by atoms with E-state index in [4.69, 9.17) is 0 Å². The molecule has 0 aromatic heterocycles. The summed E-state index contributed by atoms with van der Waals surface area (Å²) in [5.41, 5.74) is 0. The normalized spacial score (nSPS) is 13.3. The minimum atomic E-state index is -0.994. The summed E-state index contributed by atoms with van der Waals surface area (Å²) in [6.07, 6.45) is 12.2. The van der Waals surface area contributed by atoms with E-state index in [0.29, 0.717) is 0 Å². The molecule has 2 heteroatoms. The molecule has 0 aromatic rings. The number of allylic oxidation sites excluding steroid dienone is 1. The van der Waals surface area contributed by atoms with Gasteiger partial charge in [-0.15, -0.1) is 0 Å². The van der Waals surface area contributed by atoms with Gasteiger partial charge in [0.25, 0.3) is 0 Å². The summed E-state index contributed by atoms with van der Waals surface area (Å²) < 4.78 is 1.65. The highest BCUT2D eigenvalue weighted by Gasteiger charge is 2.15. The lowest BCUT2D eigenvalue weighted by Crippen LogP contribution is -2.20. The molecule has 0 spiro atoms. The summed E-state index contributed by atoms with van der Waals surface area (Å²) in [6, 6.07) is 0. The second kappa shape index (κ2) is 8.80. The highest BCUT2D eigenvalue weighted by molar-refractivity contribution is 14.1. The van der Waals surface area contributed by atoms with Crippen molar-refractivity contribution in [3.05, 3.63) is 9.28 Å². The molecule has 0 atom stereocenters. The van der Waals surface area contributed by atoms with Crippen LogP contribution in [0.1, 0.15) is 51.9 Å². The Labute approximate surface area is 111 Å². The Morgan fingerprint density at radius 2 is 1.53 bits per heavy atom. The van der Waals surface area contributed by atoms with Gasteiger partial charge >= 0.3 is 0 Å². The molecule has 0 saturated heterocycles. The summed E-state index contributed by atoms with van der Waals surface area (Å²) in [5.74, 6) is 0. The van der Waals surface area contributed by atoms with Crippen molar-refractivity contribution >= 4 is 30.7 Å². The number of halogens is 1. The first kappa shape index (κ1) is 15.7. The second-order valence-electron chi connectivity index (χ2n) is 5.36. The maximum Gasteiger partial charge on any atom is 0.0850 e. The second-order valence-corrected chi connectivity index (χ2v) is 12.6. The van der Waals surface area contributed by atoms with Crippen LogP contribution in [0.4, 0.5) is 0 Å². The van der Waals surface area contributed by atoms with Gasteiger partial charge in [0.1, 0.15) is 0 Å². The molecule has 0 aliphatic rings. The number of unbranched alkanes of at least 4 members (excludes halogenated alkanes) is 6. The Bertz CT molecular complexity index is 179. The molecule has 90 valence electrons. The predicted octanol–water partition coefficient (Wildman–Crippen LogP) is 5.93. The average Bonchev–Trinajstić information content (AvgIpc) is 2.14. The van der Waals surface area contributed by atoms with Crippen molar-refractivity contribution in [1.82, 2.24) is 0 Å². The van der Waals surface area contributed by atoms with Crippen LogP contribution >= 0.6 is 22.6 Å². The number of hydrogen-bond donors (Lipinski definition) is 0. The van der Waals surface area contributed by atoms with E-state index in [1.165, 1.54) is 44.9 Å². The molecule has 0 aliphatic heterocycles. The van der Waals surface area contributed by atoms with Crippen LogP contribution in [0.25, 0.3) is 0 Å². The molecular formula is C13H27ISi. The third kappa shape index (κ3) is 9.61. The van der Waals surface area contributed by atoms with Crippen molar-refractivity contribution < 1.29 is 0 Å². The summed E-state index contributed by atoms with van der Waals surface area (Å²) in [4.78, 5) is 0. The van der Waals surface area contributed by atoms with E-state index < -0.39 is 8.07 Å². The highest BCUT2D eigenvalue weighted by Crippen LogP contribution is 2.22. The van der Waals surface area contributed by atoms with Gasteiger partial charge in [0.05, 0.1) is 8.07 Å². The Kier molecular flexibility index (Phi) is 9.20. The molecular weight excluding hydrogens is 311 g/mol. The maximum absolute atomic E-state index is 2.55. The van der Waals surface area contributed by atoms with Crippen molar-refractivity contribution in [2.75, 3.05) is 0 Å². The number of hydrogen-bond acceptors (Lipinski definition) is 0. The maximum atomic E-state index is 2.55. The van der Waals surface area contributed by atoms with Gasteiger partial charge in [-0.05, 0) is 16.0 Å². The summed E-state index contributed by atoms with van der Waals surface area (Å²) in [6.45, 7) is 9.55. The summed E-state index contributed by atoms with van der Waals surface area (Å²) in [5, 5.41) is 0. The van der Waals surface area contributed by atoms with Crippen LogP contribution in [0.5, 0.6) is 0 Å². The van der Waals surface area contributed by atoms with Gasteiger partial charge in [-0.25, -0.2) is 0 Å². The third-order valence-corrected chi connectivity index (χ3v) is 9.53. The molecule has 0 aromatic carbocycles. The molecule has 0 radical (unpaired) electrons. The molecule has 0 fully saturated rings. The molecule has 0 heterocycles. The van der Waals surface area contributed by atoms with Crippen LogP contribution < -0.4 is 0 Å². The smallest absolute Gasteiger partial charge is 0.0794 e. The lowest BCUT2D eigenvalue weighted by atomic mass is 10.1. The van der Waals surface area contributed by atoms with Gasteiger partial charge in [0.15, 0.2) is 0 Å².